The number of aromatic amines is 1. The van der Waals surface area contributed by atoms with Crippen molar-refractivity contribution in [2.45, 2.75) is 38.6 Å². The number of rotatable bonds is 6. The number of nitrogens with zero attached hydrogens (tertiary/aromatic N) is 1. The zero-order valence-corrected chi connectivity index (χ0v) is 16.9. The average molecular weight is 412 g/mol. The molecule has 0 saturated heterocycles. The van der Waals surface area contributed by atoms with Gasteiger partial charge in [-0.05, 0) is 68.9 Å². The Labute approximate surface area is 174 Å². The van der Waals surface area contributed by atoms with Crippen LogP contribution >= 0.6 is 0 Å². The molecule has 4 rings (SSSR count). The standard InChI is InChI=1S/C23H26F2N4O/c1-14(26)15-4-7-23(13-30,8-5-15)12-28-20-6-9-27-22-17(20)11-21(29-22)16-2-3-18(24)19(25)10-16/h2-3,6,9-11,13-15H,4-5,7-8,12,26H2,1H3,(H2,27,28,29). The first-order valence-corrected chi connectivity index (χ1v) is 10.3. The molecule has 1 fully saturated rings. The molecule has 3 aromatic rings. The molecule has 0 amide bonds. The van der Waals surface area contributed by atoms with Gasteiger partial charge in [-0.15, -0.1) is 0 Å². The summed E-state index contributed by atoms with van der Waals surface area (Å²) in [7, 11) is 0. The van der Waals surface area contributed by atoms with Crippen LogP contribution < -0.4 is 11.1 Å². The van der Waals surface area contributed by atoms with Crippen molar-refractivity contribution in [3.05, 3.63) is 48.2 Å². The number of halogens is 2. The highest BCUT2D eigenvalue weighted by molar-refractivity contribution is 5.93. The van der Waals surface area contributed by atoms with Gasteiger partial charge in [0.2, 0.25) is 0 Å². The van der Waals surface area contributed by atoms with Crippen molar-refractivity contribution in [2.75, 3.05) is 11.9 Å². The molecule has 30 heavy (non-hydrogen) atoms. The fourth-order valence-corrected chi connectivity index (χ4v) is 4.35. The second-order valence-corrected chi connectivity index (χ2v) is 8.46. The Morgan fingerprint density at radius 1 is 1.27 bits per heavy atom. The van der Waals surface area contributed by atoms with E-state index in [2.05, 4.69) is 15.3 Å². The molecule has 2 aromatic heterocycles. The third-order valence-corrected chi connectivity index (χ3v) is 6.41. The Morgan fingerprint density at radius 2 is 2.03 bits per heavy atom. The van der Waals surface area contributed by atoms with E-state index in [0.29, 0.717) is 29.4 Å². The van der Waals surface area contributed by atoms with Crippen LogP contribution in [0.25, 0.3) is 22.3 Å². The maximum Gasteiger partial charge on any atom is 0.159 e. The van der Waals surface area contributed by atoms with E-state index in [0.717, 1.165) is 55.2 Å². The third kappa shape index (κ3) is 3.94. The zero-order chi connectivity index (χ0) is 21.3. The van der Waals surface area contributed by atoms with Gasteiger partial charge in [0.25, 0.3) is 0 Å². The van der Waals surface area contributed by atoms with Gasteiger partial charge < -0.3 is 20.8 Å². The van der Waals surface area contributed by atoms with Gasteiger partial charge in [0.1, 0.15) is 11.9 Å². The van der Waals surface area contributed by atoms with Crippen molar-refractivity contribution in [3.63, 3.8) is 0 Å². The van der Waals surface area contributed by atoms with Gasteiger partial charge in [0.15, 0.2) is 11.6 Å². The summed E-state index contributed by atoms with van der Waals surface area (Å²) in [6.45, 7) is 2.56. The molecular weight excluding hydrogens is 386 g/mol. The molecule has 1 unspecified atom stereocenters. The van der Waals surface area contributed by atoms with E-state index >= 15 is 0 Å². The van der Waals surface area contributed by atoms with Gasteiger partial charge in [0.05, 0.1) is 0 Å². The van der Waals surface area contributed by atoms with Gasteiger partial charge in [-0.3, -0.25) is 0 Å². The molecule has 0 radical (unpaired) electrons. The number of nitrogens with one attached hydrogen (secondary N) is 2. The van der Waals surface area contributed by atoms with E-state index in [-0.39, 0.29) is 6.04 Å². The highest BCUT2D eigenvalue weighted by Crippen LogP contribution is 2.39. The molecule has 1 aliphatic carbocycles. The molecule has 0 bridgehead atoms. The number of nitrogens with two attached hydrogens (primary N) is 1. The van der Waals surface area contributed by atoms with Crippen LogP contribution in [0.3, 0.4) is 0 Å². The first-order valence-electron chi connectivity index (χ1n) is 10.3. The van der Waals surface area contributed by atoms with Crippen molar-refractivity contribution in [1.29, 1.82) is 0 Å². The number of pyridine rings is 1. The predicted octanol–water partition coefficient (Wildman–Crippen LogP) is 4.64. The number of carbonyl (C=O) groups excluding carboxylic acids is 1. The van der Waals surface area contributed by atoms with Gasteiger partial charge >= 0.3 is 0 Å². The van der Waals surface area contributed by atoms with Crippen LogP contribution in [0.5, 0.6) is 0 Å². The monoisotopic (exact) mass is 412 g/mol. The van der Waals surface area contributed by atoms with Gasteiger partial charge in [-0.2, -0.15) is 0 Å². The van der Waals surface area contributed by atoms with Gasteiger partial charge in [0, 0.05) is 46.5 Å². The van der Waals surface area contributed by atoms with Crippen LogP contribution in [0, 0.1) is 23.0 Å². The average Bonchev–Trinajstić information content (AvgIpc) is 3.19. The van der Waals surface area contributed by atoms with Crippen molar-refractivity contribution in [3.8, 4) is 11.3 Å². The fraction of sp³-hybridized carbons (Fsp3) is 0.391. The normalized spacial score (nSPS) is 22.7. The lowest BCUT2D eigenvalue weighted by Crippen LogP contribution is -2.39. The van der Waals surface area contributed by atoms with Crippen molar-refractivity contribution < 1.29 is 13.6 Å². The van der Waals surface area contributed by atoms with E-state index in [1.54, 1.807) is 6.20 Å². The summed E-state index contributed by atoms with van der Waals surface area (Å²) in [6, 6.07) is 7.65. The predicted molar refractivity (Wildman–Crippen MR) is 114 cm³/mol. The molecule has 5 nitrogen and oxygen atoms in total. The summed E-state index contributed by atoms with van der Waals surface area (Å²) in [5, 5.41) is 4.26. The summed E-state index contributed by atoms with van der Waals surface area (Å²) < 4.78 is 26.9. The molecule has 4 N–H and O–H groups in total. The Balaban J connectivity index is 1.55. The lowest BCUT2D eigenvalue weighted by Gasteiger charge is -2.37. The largest absolute Gasteiger partial charge is 0.383 e. The molecule has 0 spiro atoms. The minimum atomic E-state index is -0.896. The molecule has 1 saturated carbocycles. The Bertz CT molecular complexity index is 1050. The second kappa shape index (κ2) is 8.14. The zero-order valence-electron chi connectivity index (χ0n) is 16.9. The first kappa shape index (κ1) is 20.5. The van der Waals surface area contributed by atoms with E-state index in [4.69, 9.17) is 5.73 Å². The van der Waals surface area contributed by atoms with Crippen molar-refractivity contribution >= 4 is 23.0 Å². The van der Waals surface area contributed by atoms with Gasteiger partial charge in [-0.25, -0.2) is 13.8 Å². The van der Waals surface area contributed by atoms with Crippen molar-refractivity contribution in [2.24, 2.45) is 17.1 Å². The lowest BCUT2D eigenvalue weighted by atomic mass is 9.70. The number of benzene rings is 1. The number of hydrogen-bond donors (Lipinski definition) is 3. The van der Waals surface area contributed by atoms with Crippen molar-refractivity contribution in [1.82, 2.24) is 9.97 Å². The van der Waals surface area contributed by atoms with Crippen LogP contribution in [0.4, 0.5) is 14.5 Å². The summed E-state index contributed by atoms with van der Waals surface area (Å²) in [5.41, 5.74) is 8.30. The van der Waals surface area contributed by atoms with Crippen LogP contribution in [-0.2, 0) is 4.79 Å². The van der Waals surface area contributed by atoms with E-state index in [1.165, 1.54) is 6.07 Å². The highest BCUT2D eigenvalue weighted by Gasteiger charge is 2.36. The topological polar surface area (TPSA) is 83.8 Å². The smallest absolute Gasteiger partial charge is 0.159 e. The second-order valence-electron chi connectivity index (χ2n) is 8.46. The third-order valence-electron chi connectivity index (χ3n) is 6.41. The maximum absolute atomic E-state index is 13.6. The molecule has 2 heterocycles. The first-order chi connectivity index (χ1) is 14.4. The molecular formula is C23H26F2N4O. The SMILES string of the molecule is CC(N)C1CCC(C=O)(CNc2ccnc3[nH]c(-c4ccc(F)c(F)c4)cc23)CC1. The number of hydrogen-bond acceptors (Lipinski definition) is 4. The number of anilines is 1. The molecule has 1 atom stereocenters. The van der Waals surface area contributed by atoms with Gasteiger partial charge in [-0.1, -0.05) is 0 Å². The van der Waals surface area contributed by atoms with E-state index in [1.807, 2.05) is 19.1 Å². The van der Waals surface area contributed by atoms with Crippen LogP contribution in [0.1, 0.15) is 32.6 Å². The Kier molecular flexibility index (Phi) is 5.56. The lowest BCUT2D eigenvalue weighted by molar-refractivity contribution is -0.117. The fourth-order valence-electron chi connectivity index (χ4n) is 4.35. The number of aromatic nitrogens is 2. The molecule has 1 aromatic carbocycles. The van der Waals surface area contributed by atoms with Crippen LogP contribution in [0.15, 0.2) is 36.5 Å². The number of H-pyrrole nitrogens is 1. The summed E-state index contributed by atoms with van der Waals surface area (Å²) in [5.74, 6) is -1.31. The molecule has 0 aliphatic heterocycles. The molecule has 7 heteroatoms. The minimum absolute atomic E-state index is 0.150. The minimum Gasteiger partial charge on any atom is -0.383 e. The Morgan fingerprint density at radius 3 is 2.70 bits per heavy atom. The summed E-state index contributed by atoms with van der Waals surface area (Å²) in [6.07, 6.45) is 6.30. The van der Waals surface area contributed by atoms with E-state index in [9.17, 15) is 13.6 Å². The van der Waals surface area contributed by atoms with E-state index < -0.39 is 17.0 Å². The maximum atomic E-state index is 13.6. The van der Waals surface area contributed by atoms with Crippen LogP contribution in [0.2, 0.25) is 0 Å². The Hall–Kier alpha value is -2.80. The summed E-state index contributed by atoms with van der Waals surface area (Å²) >= 11 is 0. The highest BCUT2D eigenvalue weighted by atomic mass is 19.2. The summed E-state index contributed by atoms with van der Waals surface area (Å²) in [4.78, 5) is 19.4. The quantitative estimate of drug-likeness (QED) is 0.515. The molecule has 1 aliphatic rings. The number of fused-ring (bicyclic) bond motifs is 1. The molecule has 158 valence electrons. The van der Waals surface area contributed by atoms with Crippen LogP contribution in [-0.4, -0.2) is 28.8 Å². The number of aldehydes is 1. The number of carbonyl (C=O) groups is 1.